The van der Waals surface area contributed by atoms with E-state index < -0.39 is 0 Å². The first-order valence-electron chi connectivity index (χ1n) is 9.46. The second kappa shape index (κ2) is 8.88. The molecule has 3 rings (SSSR count). The number of aliphatic hydroxyl groups excluding tert-OH is 1. The maximum atomic E-state index is 9.83. The van der Waals surface area contributed by atoms with Crippen molar-refractivity contribution in [2.24, 2.45) is 0 Å². The molecule has 1 aromatic rings. The van der Waals surface area contributed by atoms with Gasteiger partial charge in [-0.25, -0.2) is 0 Å². The number of aliphatic hydroxyl groups is 1. The molecule has 3 atom stereocenters. The Morgan fingerprint density at radius 1 is 1.08 bits per heavy atom. The maximum Gasteiger partial charge on any atom is 0.160 e. The molecule has 25 heavy (non-hydrogen) atoms. The van der Waals surface area contributed by atoms with Crippen molar-refractivity contribution in [2.75, 3.05) is 33.9 Å². The summed E-state index contributed by atoms with van der Waals surface area (Å²) in [6.07, 6.45) is 6.73. The molecule has 0 aromatic heterocycles. The molecule has 0 unspecified atom stereocenters. The smallest absolute Gasteiger partial charge is 0.160 e. The van der Waals surface area contributed by atoms with Crippen molar-refractivity contribution < 1.29 is 19.3 Å². The second-order valence-corrected chi connectivity index (χ2v) is 7.14. The average Bonchev–Trinajstić information content (AvgIpc) is 3.08. The van der Waals surface area contributed by atoms with Crippen LogP contribution in [0.15, 0.2) is 18.2 Å². The van der Waals surface area contributed by atoms with E-state index in [-0.39, 0.29) is 6.10 Å². The molecule has 140 valence electrons. The molecule has 1 aliphatic heterocycles. The predicted octanol–water partition coefficient (Wildman–Crippen LogP) is 2.64. The lowest BCUT2D eigenvalue weighted by Crippen LogP contribution is -2.46. The fourth-order valence-electron chi connectivity index (χ4n) is 4.12. The van der Waals surface area contributed by atoms with E-state index in [1.165, 1.54) is 24.8 Å². The number of likely N-dealkylation sites (tertiary alicyclic amines) is 1. The van der Waals surface area contributed by atoms with Crippen molar-refractivity contribution in [2.45, 2.75) is 56.8 Å². The first-order valence-corrected chi connectivity index (χ1v) is 9.46. The molecule has 0 amide bonds. The third kappa shape index (κ3) is 4.66. The molecular formula is C20H31NO4. The van der Waals surface area contributed by atoms with Gasteiger partial charge in [0.05, 0.1) is 33.0 Å². The number of hydrogen-bond acceptors (Lipinski definition) is 5. The summed E-state index contributed by atoms with van der Waals surface area (Å²) < 4.78 is 16.9. The zero-order valence-electron chi connectivity index (χ0n) is 15.4. The average molecular weight is 350 g/mol. The second-order valence-electron chi connectivity index (χ2n) is 7.14. The highest BCUT2D eigenvalue weighted by atomic mass is 16.5. The molecule has 2 aliphatic rings. The minimum atomic E-state index is -0.158. The minimum Gasteiger partial charge on any atom is -0.493 e. The molecule has 1 aliphatic carbocycles. The van der Waals surface area contributed by atoms with Gasteiger partial charge in [-0.3, -0.25) is 4.90 Å². The van der Waals surface area contributed by atoms with Crippen LogP contribution in [-0.2, 0) is 11.2 Å². The van der Waals surface area contributed by atoms with Crippen LogP contribution in [0, 0.1) is 0 Å². The molecular weight excluding hydrogens is 319 g/mol. The van der Waals surface area contributed by atoms with Gasteiger partial charge in [0, 0.05) is 19.1 Å². The number of hydrogen-bond donors (Lipinski definition) is 1. The Kier molecular flexibility index (Phi) is 6.57. The van der Waals surface area contributed by atoms with Crippen molar-refractivity contribution in [3.8, 4) is 11.5 Å². The molecule has 1 aromatic carbocycles. The van der Waals surface area contributed by atoms with Gasteiger partial charge in [-0.15, -0.1) is 0 Å². The maximum absolute atomic E-state index is 9.83. The molecule has 1 N–H and O–H groups in total. The van der Waals surface area contributed by atoms with E-state index in [1.54, 1.807) is 14.2 Å². The Hall–Kier alpha value is -1.30. The molecule has 0 spiro atoms. The van der Waals surface area contributed by atoms with Crippen LogP contribution in [0.4, 0.5) is 0 Å². The Labute approximate surface area is 150 Å². The Bertz CT molecular complexity index is 550. The molecule has 0 bridgehead atoms. The van der Waals surface area contributed by atoms with E-state index >= 15 is 0 Å². The third-order valence-corrected chi connectivity index (χ3v) is 5.50. The lowest BCUT2D eigenvalue weighted by Gasteiger charge is -2.37. The fourth-order valence-corrected chi connectivity index (χ4v) is 4.12. The van der Waals surface area contributed by atoms with Gasteiger partial charge in [-0.2, -0.15) is 0 Å². The third-order valence-electron chi connectivity index (χ3n) is 5.50. The van der Waals surface area contributed by atoms with Crippen LogP contribution in [0.5, 0.6) is 11.5 Å². The van der Waals surface area contributed by atoms with Gasteiger partial charge in [0.15, 0.2) is 11.5 Å². The molecule has 0 radical (unpaired) electrons. The van der Waals surface area contributed by atoms with E-state index in [2.05, 4.69) is 11.0 Å². The topological polar surface area (TPSA) is 51.2 Å². The standard InChI is InChI=1S/C20H31NO4/c1-23-19-8-7-15(13-20(19)24-2)10-12-25-18-6-4-3-5-17(18)21-11-9-16(22)14-21/h7-8,13,16-18,22H,3-6,9-12,14H2,1-2H3/t16-,17-,18-/m1/s1/i1+1. The number of nitrogens with zero attached hydrogens (tertiary/aromatic N) is 1. The zero-order valence-corrected chi connectivity index (χ0v) is 15.4. The van der Waals surface area contributed by atoms with Crippen molar-refractivity contribution in [3.05, 3.63) is 23.8 Å². The highest BCUT2D eigenvalue weighted by Crippen LogP contribution is 2.30. The Morgan fingerprint density at radius 2 is 1.88 bits per heavy atom. The lowest BCUT2D eigenvalue weighted by atomic mass is 9.91. The lowest BCUT2D eigenvalue weighted by molar-refractivity contribution is -0.0316. The SMILES string of the molecule is COc1cc(CCO[C@@H]2CCCC[C@H]2N2CC[C@@H](O)C2)ccc1O[13CH3]. The summed E-state index contributed by atoms with van der Waals surface area (Å²) in [6, 6.07) is 6.51. The van der Waals surface area contributed by atoms with Crippen molar-refractivity contribution in [1.29, 1.82) is 0 Å². The Morgan fingerprint density at radius 3 is 2.60 bits per heavy atom. The van der Waals surface area contributed by atoms with Crippen LogP contribution in [0.25, 0.3) is 0 Å². The highest BCUT2D eigenvalue weighted by molar-refractivity contribution is 5.42. The summed E-state index contributed by atoms with van der Waals surface area (Å²) in [4.78, 5) is 2.44. The molecule has 1 heterocycles. The summed E-state index contributed by atoms with van der Waals surface area (Å²) in [5, 5.41) is 9.83. The first kappa shape index (κ1) is 18.5. The van der Waals surface area contributed by atoms with E-state index in [1.807, 2.05) is 12.1 Å². The van der Waals surface area contributed by atoms with Crippen LogP contribution in [0.2, 0.25) is 0 Å². The van der Waals surface area contributed by atoms with E-state index in [0.29, 0.717) is 18.8 Å². The number of rotatable bonds is 7. The van der Waals surface area contributed by atoms with Crippen LogP contribution in [-0.4, -0.2) is 62.2 Å². The summed E-state index contributed by atoms with van der Waals surface area (Å²) in [7, 11) is 3.31. The minimum absolute atomic E-state index is 0.158. The van der Waals surface area contributed by atoms with Crippen LogP contribution in [0.3, 0.4) is 0 Å². The normalized spacial score (nSPS) is 27.4. The molecule has 1 saturated carbocycles. The van der Waals surface area contributed by atoms with Crippen LogP contribution >= 0.6 is 0 Å². The summed E-state index contributed by atoms with van der Waals surface area (Å²) in [6.45, 7) is 2.52. The van der Waals surface area contributed by atoms with E-state index in [4.69, 9.17) is 14.2 Å². The van der Waals surface area contributed by atoms with Crippen molar-refractivity contribution in [3.63, 3.8) is 0 Å². The quantitative estimate of drug-likeness (QED) is 0.766. The Balaban J connectivity index is 1.53. The summed E-state index contributed by atoms with van der Waals surface area (Å²) in [5.74, 6) is 1.52. The largest absolute Gasteiger partial charge is 0.493 e. The number of benzene rings is 1. The van der Waals surface area contributed by atoms with Gasteiger partial charge in [0.2, 0.25) is 0 Å². The molecule has 2 fully saturated rings. The van der Waals surface area contributed by atoms with E-state index in [0.717, 1.165) is 43.9 Å². The van der Waals surface area contributed by atoms with E-state index in [9.17, 15) is 5.11 Å². The highest BCUT2D eigenvalue weighted by Gasteiger charge is 2.34. The zero-order chi connectivity index (χ0) is 17.6. The predicted molar refractivity (Wildman–Crippen MR) is 97.4 cm³/mol. The van der Waals surface area contributed by atoms with Gasteiger partial charge in [-0.05, 0) is 43.4 Å². The summed E-state index contributed by atoms with van der Waals surface area (Å²) in [5.41, 5.74) is 1.20. The van der Waals surface area contributed by atoms with Gasteiger partial charge in [-0.1, -0.05) is 18.9 Å². The summed E-state index contributed by atoms with van der Waals surface area (Å²) >= 11 is 0. The monoisotopic (exact) mass is 350 g/mol. The number of methoxy groups -OCH3 is 2. The number of β-amino-alcohol motifs (C(OH)–C–C–N with tert-alkyl or cyclic N) is 1. The molecule has 5 heteroatoms. The van der Waals surface area contributed by atoms with Gasteiger partial charge in [0.25, 0.3) is 0 Å². The van der Waals surface area contributed by atoms with Crippen molar-refractivity contribution >= 4 is 0 Å². The van der Waals surface area contributed by atoms with Crippen molar-refractivity contribution in [1.82, 2.24) is 4.90 Å². The van der Waals surface area contributed by atoms with Gasteiger partial charge >= 0.3 is 0 Å². The molecule has 5 nitrogen and oxygen atoms in total. The van der Waals surface area contributed by atoms with Crippen LogP contribution in [0.1, 0.15) is 37.7 Å². The number of ether oxygens (including phenoxy) is 3. The van der Waals surface area contributed by atoms with Crippen LogP contribution < -0.4 is 9.47 Å². The van der Waals surface area contributed by atoms with Gasteiger partial charge in [0.1, 0.15) is 0 Å². The van der Waals surface area contributed by atoms with Gasteiger partial charge < -0.3 is 19.3 Å². The molecule has 1 saturated heterocycles. The first-order chi connectivity index (χ1) is 12.2. The fraction of sp³-hybridized carbons (Fsp3) is 0.700.